The average Bonchev–Trinajstić information content (AvgIpc) is 3.13. The molecule has 1 heterocycles. The number of hydrogen-bond acceptors (Lipinski definition) is 8. The molecule has 11 nitrogen and oxygen atoms in total. The van der Waals surface area contributed by atoms with E-state index in [1.54, 1.807) is 48.5 Å². The molecule has 2 N–H and O–H groups in total. The topological polar surface area (TPSA) is 139 Å². The molecule has 42 heavy (non-hydrogen) atoms. The zero-order valence-electron chi connectivity index (χ0n) is 24.5. The Hall–Kier alpha value is -4.08. The van der Waals surface area contributed by atoms with Crippen LogP contribution in [0.15, 0.2) is 30.3 Å². The van der Waals surface area contributed by atoms with Gasteiger partial charge in [-0.1, -0.05) is 11.6 Å². The number of nitrogens with one attached hydrogen (secondary N) is 2. The summed E-state index contributed by atoms with van der Waals surface area (Å²) in [4.78, 5) is 39.5. The van der Waals surface area contributed by atoms with Gasteiger partial charge in [0.1, 0.15) is 29.8 Å². The minimum Gasteiger partial charge on any atom is -0.492 e. The Balaban J connectivity index is 1.68. The standard InChI is InChI=1S/C29H34ClFN4O7/c1-8-39-23-10-9-17(11-18(23)14-32)25(36)33-34-26(37)19-12-21(31)24(13-20(19)30)40-15-22-16(2)41-29(6,7)35(22)27(38)42-28(3,4)5/h9-13,16,22H,8,15H2,1-7H3,(H,33,36)(H,34,37)/t16-,22+/m0/s1. The van der Waals surface area contributed by atoms with Gasteiger partial charge in [-0.15, -0.1) is 0 Å². The third kappa shape index (κ3) is 7.60. The van der Waals surface area contributed by atoms with Crippen molar-refractivity contribution in [2.75, 3.05) is 13.2 Å². The Labute approximate surface area is 248 Å². The largest absolute Gasteiger partial charge is 0.492 e. The normalized spacial score (nSPS) is 17.7. The van der Waals surface area contributed by atoms with Crippen molar-refractivity contribution in [2.45, 2.75) is 71.9 Å². The first-order valence-electron chi connectivity index (χ1n) is 13.2. The number of rotatable bonds is 7. The number of halogens is 2. The van der Waals surface area contributed by atoms with E-state index >= 15 is 4.39 Å². The van der Waals surface area contributed by atoms with Crippen LogP contribution in [0, 0.1) is 17.1 Å². The first kappa shape index (κ1) is 32.4. The molecule has 2 aromatic rings. The molecular formula is C29H34ClFN4O7. The summed E-state index contributed by atoms with van der Waals surface area (Å²) in [6.45, 7) is 12.4. The fourth-order valence-electron chi connectivity index (χ4n) is 4.36. The lowest BCUT2D eigenvalue weighted by Crippen LogP contribution is -2.52. The number of hydrazine groups is 1. The Morgan fingerprint density at radius 3 is 2.40 bits per heavy atom. The van der Waals surface area contributed by atoms with E-state index < -0.39 is 47.2 Å². The molecule has 0 aliphatic carbocycles. The average molecular weight is 605 g/mol. The van der Waals surface area contributed by atoms with Crippen LogP contribution in [0.25, 0.3) is 0 Å². The lowest BCUT2D eigenvalue weighted by Gasteiger charge is -2.35. The van der Waals surface area contributed by atoms with Gasteiger partial charge in [-0.05, 0) is 72.7 Å². The van der Waals surface area contributed by atoms with E-state index in [2.05, 4.69) is 10.9 Å². The zero-order valence-corrected chi connectivity index (χ0v) is 25.2. The molecule has 0 radical (unpaired) electrons. The van der Waals surface area contributed by atoms with Gasteiger partial charge in [0.25, 0.3) is 11.8 Å². The molecule has 13 heteroatoms. The van der Waals surface area contributed by atoms with Crippen molar-refractivity contribution in [3.8, 4) is 17.6 Å². The molecule has 0 aromatic heterocycles. The second-order valence-corrected chi connectivity index (χ2v) is 11.3. The highest BCUT2D eigenvalue weighted by atomic mass is 35.5. The number of amides is 3. The highest BCUT2D eigenvalue weighted by Crippen LogP contribution is 2.35. The van der Waals surface area contributed by atoms with Crippen LogP contribution in [-0.4, -0.2) is 59.5 Å². The van der Waals surface area contributed by atoms with E-state index in [0.29, 0.717) is 12.4 Å². The van der Waals surface area contributed by atoms with E-state index in [1.807, 2.05) is 6.07 Å². The minimum absolute atomic E-state index is 0.0880. The van der Waals surface area contributed by atoms with Crippen LogP contribution in [0.2, 0.25) is 5.02 Å². The third-order valence-corrected chi connectivity index (χ3v) is 6.46. The molecule has 0 bridgehead atoms. The number of hydrogen-bond donors (Lipinski definition) is 2. The summed E-state index contributed by atoms with van der Waals surface area (Å²) in [6.07, 6.45) is -1.06. The lowest BCUT2D eigenvalue weighted by molar-refractivity contribution is -0.0760. The predicted molar refractivity (Wildman–Crippen MR) is 151 cm³/mol. The van der Waals surface area contributed by atoms with Crippen LogP contribution in [0.4, 0.5) is 9.18 Å². The third-order valence-electron chi connectivity index (χ3n) is 6.15. The smallest absolute Gasteiger partial charge is 0.413 e. The zero-order chi connectivity index (χ0) is 31.4. The van der Waals surface area contributed by atoms with E-state index in [1.165, 1.54) is 23.1 Å². The van der Waals surface area contributed by atoms with E-state index in [0.717, 1.165) is 12.1 Å². The fraction of sp³-hybridized carbons (Fsp3) is 0.448. The highest BCUT2D eigenvalue weighted by Gasteiger charge is 2.50. The molecule has 1 fully saturated rings. The quantitative estimate of drug-likeness (QED) is 0.423. The molecule has 2 atom stereocenters. The van der Waals surface area contributed by atoms with Crippen LogP contribution >= 0.6 is 11.6 Å². The first-order chi connectivity index (χ1) is 19.6. The molecule has 0 spiro atoms. The van der Waals surface area contributed by atoms with Gasteiger partial charge < -0.3 is 18.9 Å². The number of benzene rings is 2. The van der Waals surface area contributed by atoms with Crippen molar-refractivity contribution in [3.05, 3.63) is 57.9 Å². The fourth-order valence-corrected chi connectivity index (χ4v) is 4.60. The Bertz CT molecular complexity index is 1400. The predicted octanol–water partition coefficient (Wildman–Crippen LogP) is 4.96. The highest BCUT2D eigenvalue weighted by molar-refractivity contribution is 6.34. The number of ether oxygens (including phenoxy) is 4. The summed E-state index contributed by atoms with van der Waals surface area (Å²) in [7, 11) is 0. The van der Waals surface area contributed by atoms with Crippen LogP contribution in [0.5, 0.6) is 11.5 Å². The number of carbonyl (C=O) groups excluding carboxylic acids is 3. The molecule has 226 valence electrons. The molecule has 0 saturated carbocycles. The van der Waals surface area contributed by atoms with E-state index in [9.17, 15) is 19.6 Å². The van der Waals surface area contributed by atoms with Crippen LogP contribution in [0.3, 0.4) is 0 Å². The number of nitrogens with zero attached hydrogens (tertiary/aromatic N) is 2. The van der Waals surface area contributed by atoms with Crippen molar-refractivity contribution in [1.82, 2.24) is 15.8 Å². The molecule has 0 unspecified atom stereocenters. The van der Waals surface area contributed by atoms with Crippen molar-refractivity contribution in [3.63, 3.8) is 0 Å². The first-order valence-corrected chi connectivity index (χ1v) is 13.5. The molecule has 3 rings (SSSR count). The van der Waals surface area contributed by atoms with Crippen molar-refractivity contribution in [1.29, 1.82) is 5.26 Å². The van der Waals surface area contributed by atoms with Gasteiger partial charge in [0, 0.05) is 11.6 Å². The summed E-state index contributed by atoms with van der Waals surface area (Å²) in [5.74, 6) is -2.43. The maximum absolute atomic E-state index is 15.0. The molecule has 1 aliphatic rings. The number of nitriles is 1. The second-order valence-electron chi connectivity index (χ2n) is 10.9. The summed E-state index contributed by atoms with van der Waals surface area (Å²) < 4.78 is 37.5. The maximum Gasteiger partial charge on any atom is 0.413 e. The van der Waals surface area contributed by atoms with Gasteiger partial charge >= 0.3 is 6.09 Å². The molecule has 2 aromatic carbocycles. The molecule has 1 saturated heterocycles. The van der Waals surface area contributed by atoms with Crippen molar-refractivity contribution < 1.29 is 37.7 Å². The minimum atomic E-state index is -1.00. The van der Waals surface area contributed by atoms with Crippen molar-refractivity contribution in [2.24, 2.45) is 0 Å². The second kappa shape index (κ2) is 12.8. The van der Waals surface area contributed by atoms with Gasteiger partial charge in [0.05, 0.1) is 34.9 Å². The summed E-state index contributed by atoms with van der Waals surface area (Å²) in [5.41, 5.74) is 2.60. The Morgan fingerprint density at radius 1 is 1.12 bits per heavy atom. The van der Waals surface area contributed by atoms with E-state index in [-0.39, 0.29) is 34.1 Å². The Morgan fingerprint density at radius 2 is 1.79 bits per heavy atom. The summed E-state index contributed by atoms with van der Waals surface area (Å²) in [5, 5.41) is 9.14. The monoisotopic (exact) mass is 604 g/mol. The van der Waals surface area contributed by atoms with Crippen molar-refractivity contribution >= 4 is 29.5 Å². The van der Waals surface area contributed by atoms with Gasteiger partial charge in [-0.3, -0.25) is 25.3 Å². The van der Waals surface area contributed by atoms with Gasteiger partial charge in [0.2, 0.25) is 0 Å². The van der Waals surface area contributed by atoms with Gasteiger partial charge in [-0.2, -0.15) is 5.26 Å². The summed E-state index contributed by atoms with van der Waals surface area (Å²) in [6, 6.07) is 7.53. The number of carbonyl (C=O) groups is 3. The lowest BCUT2D eigenvalue weighted by atomic mass is 10.1. The van der Waals surface area contributed by atoms with E-state index in [4.69, 9.17) is 30.5 Å². The molecule has 1 aliphatic heterocycles. The molecule has 3 amide bonds. The summed E-state index contributed by atoms with van der Waals surface area (Å²) >= 11 is 6.26. The van der Waals surface area contributed by atoms with Crippen LogP contribution < -0.4 is 20.3 Å². The molecular weight excluding hydrogens is 571 g/mol. The maximum atomic E-state index is 15.0. The van der Waals surface area contributed by atoms with Crippen LogP contribution in [-0.2, 0) is 9.47 Å². The van der Waals surface area contributed by atoms with Gasteiger partial charge in [-0.25, -0.2) is 9.18 Å². The van der Waals surface area contributed by atoms with Crippen LogP contribution in [0.1, 0.15) is 74.7 Å². The van der Waals surface area contributed by atoms with Gasteiger partial charge in [0.15, 0.2) is 11.6 Å². The SMILES string of the molecule is CCOc1ccc(C(=O)NNC(=O)c2cc(F)c(OC[C@@H]3[C@H](C)OC(C)(C)N3C(=O)OC(C)(C)C)cc2Cl)cc1C#N. The Kier molecular flexibility index (Phi) is 9.91.